The Morgan fingerprint density at radius 3 is 2.74 bits per heavy atom. The highest BCUT2D eigenvalue weighted by atomic mass is 32.2. The van der Waals surface area contributed by atoms with Gasteiger partial charge in [0.15, 0.2) is 11.0 Å². The van der Waals surface area contributed by atoms with E-state index in [0.29, 0.717) is 6.04 Å². The SMILES string of the molecule is Cc1cc(-n2c(C)cc(C3=NNC(=NC4CC4)SC3)c2C)no1. The van der Waals surface area contributed by atoms with Crippen molar-refractivity contribution in [2.45, 2.75) is 39.7 Å². The molecular formula is C16H19N5OS. The first-order chi connectivity index (χ1) is 11.1. The lowest BCUT2D eigenvalue weighted by Crippen LogP contribution is -2.26. The van der Waals surface area contributed by atoms with E-state index in [2.05, 4.69) is 45.2 Å². The van der Waals surface area contributed by atoms with Gasteiger partial charge in [0.2, 0.25) is 0 Å². The lowest BCUT2D eigenvalue weighted by atomic mass is 10.1. The predicted octanol–water partition coefficient (Wildman–Crippen LogP) is 2.95. The Morgan fingerprint density at radius 1 is 1.30 bits per heavy atom. The molecule has 4 rings (SSSR count). The highest BCUT2D eigenvalue weighted by molar-refractivity contribution is 8.14. The summed E-state index contributed by atoms with van der Waals surface area (Å²) in [6.45, 7) is 6.07. The number of aromatic nitrogens is 2. The number of thioether (sulfide) groups is 1. The maximum Gasteiger partial charge on any atom is 0.180 e. The largest absolute Gasteiger partial charge is 0.360 e. The molecule has 1 saturated carbocycles. The Balaban J connectivity index is 1.64. The topological polar surface area (TPSA) is 67.7 Å². The molecule has 1 aliphatic carbocycles. The maximum absolute atomic E-state index is 5.21. The van der Waals surface area contributed by atoms with Crippen molar-refractivity contribution in [1.29, 1.82) is 0 Å². The van der Waals surface area contributed by atoms with Crippen LogP contribution in [0.5, 0.6) is 0 Å². The molecule has 1 fully saturated rings. The van der Waals surface area contributed by atoms with E-state index >= 15 is 0 Å². The zero-order chi connectivity index (χ0) is 16.0. The van der Waals surface area contributed by atoms with Crippen molar-refractivity contribution in [3.05, 3.63) is 34.8 Å². The molecule has 0 spiro atoms. The predicted molar refractivity (Wildman–Crippen MR) is 92.6 cm³/mol. The summed E-state index contributed by atoms with van der Waals surface area (Å²) in [4.78, 5) is 4.60. The third-order valence-corrected chi connectivity index (χ3v) is 4.95. The third-order valence-electron chi connectivity index (χ3n) is 4.07. The Labute approximate surface area is 139 Å². The van der Waals surface area contributed by atoms with Crippen LogP contribution in [0.4, 0.5) is 0 Å². The van der Waals surface area contributed by atoms with Crippen LogP contribution >= 0.6 is 11.8 Å². The minimum absolute atomic E-state index is 0.516. The first kappa shape index (κ1) is 14.6. The van der Waals surface area contributed by atoms with Crippen LogP contribution in [0.1, 0.15) is 35.6 Å². The van der Waals surface area contributed by atoms with Gasteiger partial charge >= 0.3 is 0 Å². The molecule has 2 aromatic rings. The van der Waals surface area contributed by atoms with Gasteiger partial charge in [0.1, 0.15) is 5.76 Å². The van der Waals surface area contributed by atoms with Gasteiger partial charge in [-0.05, 0) is 39.7 Å². The number of aryl methyl sites for hydroxylation is 2. The van der Waals surface area contributed by atoms with Crippen molar-refractivity contribution in [2.24, 2.45) is 10.1 Å². The lowest BCUT2D eigenvalue weighted by Gasteiger charge is -2.15. The van der Waals surface area contributed by atoms with Gasteiger partial charge in [-0.25, -0.2) is 0 Å². The number of hydrazone groups is 1. The van der Waals surface area contributed by atoms with Crippen LogP contribution in [0, 0.1) is 20.8 Å². The van der Waals surface area contributed by atoms with Crippen LogP contribution < -0.4 is 5.43 Å². The van der Waals surface area contributed by atoms with E-state index in [1.165, 1.54) is 12.8 Å². The van der Waals surface area contributed by atoms with Gasteiger partial charge in [0.25, 0.3) is 0 Å². The summed E-state index contributed by atoms with van der Waals surface area (Å²) in [6.07, 6.45) is 2.42. The molecule has 2 aromatic heterocycles. The van der Waals surface area contributed by atoms with Crippen LogP contribution in [0.25, 0.3) is 5.82 Å². The Morgan fingerprint density at radius 2 is 2.13 bits per heavy atom. The summed E-state index contributed by atoms with van der Waals surface area (Å²) >= 11 is 1.72. The molecule has 0 bridgehead atoms. The molecule has 0 radical (unpaired) electrons. The number of nitrogens with zero attached hydrogens (tertiary/aromatic N) is 4. The van der Waals surface area contributed by atoms with Crippen LogP contribution in [0.15, 0.2) is 26.7 Å². The summed E-state index contributed by atoms with van der Waals surface area (Å²) in [5.74, 6) is 2.46. The zero-order valence-corrected chi connectivity index (χ0v) is 14.3. The van der Waals surface area contributed by atoms with Crippen LogP contribution in [-0.2, 0) is 0 Å². The lowest BCUT2D eigenvalue weighted by molar-refractivity contribution is 0.394. The average molecular weight is 329 g/mol. The Bertz CT molecular complexity index is 813. The first-order valence-electron chi connectivity index (χ1n) is 7.78. The summed E-state index contributed by atoms with van der Waals surface area (Å²) < 4.78 is 7.31. The van der Waals surface area contributed by atoms with E-state index in [1.807, 2.05) is 13.0 Å². The minimum Gasteiger partial charge on any atom is -0.360 e. The molecule has 0 unspecified atom stereocenters. The number of rotatable bonds is 3. The molecule has 2 aliphatic rings. The molecule has 0 aromatic carbocycles. The minimum atomic E-state index is 0.516. The summed E-state index contributed by atoms with van der Waals surface area (Å²) in [7, 11) is 0. The Kier molecular flexibility index (Phi) is 3.52. The molecule has 6 nitrogen and oxygen atoms in total. The van der Waals surface area contributed by atoms with Crippen molar-refractivity contribution < 1.29 is 4.52 Å². The van der Waals surface area contributed by atoms with Crippen LogP contribution in [0.2, 0.25) is 0 Å². The van der Waals surface area contributed by atoms with E-state index < -0.39 is 0 Å². The van der Waals surface area contributed by atoms with Gasteiger partial charge in [0.05, 0.1) is 11.8 Å². The Hall–Kier alpha value is -2.02. The second-order valence-electron chi connectivity index (χ2n) is 6.04. The van der Waals surface area contributed by atoms with Crippen molar-refractivity contribution in [3.8, 4) is 5.82 Å². The number of aliphatic imine (C=N–C) groups is 1. The van der Waals surface area contributed by atoms with E-state index in [9.17, 15) is 0 Å². The van der Waals surface area contributed by atoms with E-state index in [1.54, 1.807) is 11.8 Å². The highest BCUT2D eigenvalue weighted by Crippen LogP contribution is 2.27. The fourth-order valence-corrected chi connectivity index (χ4v) is 3.58. The molecule has 23 heavy (non-hydrogen) atoms. The van der Waals surface area contributed by atoms with E-state index in [-0.39, 0.29) is 0 Å². The van der Waals surface area contributed by atoms with Gasteiger partial charge in [-0.3, -0.25) is 15.0 Å². The molecule has 7 heteroatoms. The standard InChI is InChI=1S/C16H19N5OS/c1-9-6-13(11(3)21(9)15-7-10(2)22-20-15)14-8-23-16(19-18-14)17-12-4-5-12/h6-7,12H,4-5,8H2,1-3H3,(H,17,19). The smallest absolute Gasteiger partial charge is 0.180 e. The molecule has 3 heterocycles. The number of amidine groups is 1. The maximum atomic E-state index is 5.21. The highest BCUT2D eigenvalue weighted by Gasteiger charge is 2.24. The quantitative estimate of drug-likeness (QED) is 0.940. The summed E-state index contributed by atoms with van der Waals surface area (Å²) in [6, 6.07) is 4.62. The molecule has 0 saturated heterocycles. The molecule has 1 aliphatic heterocycles. The molecule has 0 atom stereocenters. The normalized spacial score (nSPS) is 19.8. The van der Waals surface area contributed by atoms with Gasteiger partial charge in [-0.2, -0.15) is 5.10 Å². The van der Waals surface area contributed by atoms with Gasteiger partial charge in [-0.1, -0.05) is 16.9 Å². The summed E-state index contributed by atoms with van der Waals surface area (Å²) in [5.41, 5.74) is 7.53. The van der Waals surface area contributed by atoms with Crippen molar-refractivity contribution >= 4 is 22.6 Å². The number of hydrogen-bond donors (Lipinski definition) is 1. The molecule has 120 valence electrons. The average Bonchev–Trinajstić information content (AvgIpc) is 3.17. The molecule has 0 amide bonds. The number of nitrogens with one attached hydrogen (secondary N) is 1. The third kappa shape index (κ3) is 2.81. The van der Waals surface area contributed by atoms with E-state index in [4.69, 9.17) is 4.52 Å². The molecule has 1 N–H and O–H groups in total. The molecular weight excluding hydrogens is 310 g/mol. The monoisotopic (exact) mass is 329 g/mol. The van der Waals surface area contributed by atoms with Gasteiger partial charge < -0.3 is 4.52 Å². The second kappa shape index (κ2) is 5.56. The van der Waals surface area contributed by atoms with Crippen molar-refractivity contribution in [1.82, 2.24) is 15.1 Å². The van der Waals surface area contributed by atoms with Crippen molar-refractivity contribution in [2.75, 3.05) is 5.75 Å². The fraction of sp³-hybridized carbons (Fsp3) is 0.438. The van der Waals surface area contributed by atoms with Crippen LogP contribution in [-0.4, -0.2) is 32.4 Å². The summed E-state index contributed by atoms with van der Waals surface area (Å²) in [5, 5.41) is 9.60. The fourth-order valence-electron chi connectivity index (χ4n) is 2.76. The van der Waals surface area contributed by atoms with Gasteiger partial charge in [-0.15, -0.1) is 0 Å². The van der Waals surface area contributed by atoms with Crippen LogP contribution in [0.3, 0.4) is 0 Å². The first-order valence-corrected chi connectivity index (χ1v) is 8.76. The second-order valence-corrected chi connectivity index (χ2v) is 7.00. The van der Waals surface area contributed by atoms with E-state index in [0.717, 1.165) is 45.2 Å². The zero-order valence-electron chi connectivity index (χ0n) is 13.5. The van der Waals surface area contributed by atoms with Gasteiger partial charge in [0, 0.05) is 28.8 Å². The van der Waals surface area contributed by atoms with Crippen molar-refractivity contribution in [3.63, 3.8) is 0 Å². The number of hydrogen-bond acceptors (Lipinski definition) is 5.